The van der Waals surface area contributed by atoms with Gasteiger partial charge >= 0.3 is 0 Å². The minimum absolute atomic E-state index is 0. The number of rotatable bonds is 6. The molecular formula is C20H24ClFN4OS. The van der Waals surface area contributed by atoms with Gasteiger partial charge in [0, 0.05) is 31.4 Å². The molecule has 0 spiro atoms. The number of amides is 1. The first-order valence-corrected chi connectivity index (χ1v) is 10.4. The number of halogens is 2. The molecule has 3 aromatic rings. The SMILES string of the molecule is Cl.O=C(C1CCCCC1)N(CCCn1ccnc1)c1nc2ccc(F)cc2s1. The van der Waals surface area contributed by atoms with Crippen molar-refractivity contribution in [2.24, 2.45) is 5.92 Å². The number of fused-ring (bicyclic) bond motifs is 1. The molecule has 0 bridgehead atoms. The van der Waals surface area contributed by atoms with Gasteiger partial charge in [-0.3, -0.25) is 9.69 Å². The molecule has 1 aromatic carbocycles. The third-order valence-electron chi connectivity index (χ3n) is 5.15. The fourth-order valence-electron chi connectivity index (χ4n) is 3.70. The molecule has 0 unspecified atom stereocenters. The van der Waals surface area contributed by atoms with Gasteiger partial charge in [-0.05, 0) is 37.5 Å². The Morgan fingerprint density at radius 3 is 2.86 bits per heavy atom. The number of anilines is 1. The Labute approximate surface area is 174 Å². The minimum atomic E-state index is -0.275. The topological polar surface area (TPSA) is 51.0 Å². The summed E-state index contributed by atoms with van der Waals surface area (Å²) in [6.45, 7) is 1.41. The highest BCUT2D eigenvalue weighted by molar-refractivity contribution is 7.22. The van der Waals surface area contributed by atoms with Crippen molar-refractivity contribution in [2.75, 3.05) is 11.4 Å². The molecule has 2 heterocycles. The summed E-state index contributed by atoms with van der Waals surface area (Å²) < 4.78 is 16.3. The zero-order valence-corrected chi connectivity index (χ0v) is 17.2. The first kappa shape index (κ1) is 20.7. The highest BCUT2D eigenvalue weighted by atomic mass is 35.5. The summed E-state index contributed by atoms with van der Waals surface area (Å²) in [6.07, 6.45) is 11.6. The maximum atomic E-state index is 13.5. The molecule has 1 aliphatic carbocycles. The van der Waals surface area contributed by atoms with Crippen LogP contribution in [0.1, 0.15) is 38.5 Å². The summed E-state index contributed by atoms with van der Waals surface area (Å²) >= 11 is 1.39. The van der Waals surface area contributed by atoms with Crippen LogP contribution in [-0.2, 0) is 11.3 Å². The summed E-state index contributed by atoms with van der Waals surface area (Å²) in [6, 6.07) is 4.59. The van der Waals surface area contributed by atoms with E-state index in [1.807, 2.05) is 15.7 Å². The van der Waals surface area contributed by atoms with Crippen LogP contribution in [0, 0.1) is 11.7 Å². The van der Waals surface area contributed by atoms with Crippen LogP contribution < -0.4 is 4.90 Å². The summed E-state index contributed by atoms with van der Waals surface area (Å²) in [4.78, 5) is 23.7. The van der Waals surface area contributed by atoms with Crippen molar-refractivity contribution in [3.8, 4) is 0 Å². The van der Waals surface area contributed by atoms with E-state index in [2.05, 4.69) is 9.97 Å². The van der Waals surface area contributed by atoms with Gasteiger partial charge in [0.1, 0.15) is 5.82 Å². The third-order valence-corrected chi connectivity index (χ3v) is 6.19. The largest absolute Gasteiger partial charge is 0.337 e. The number of aromatic nitrogens is 3. The van der Waals surface area contributed by atoms with Gasteiger partial charge in [0.2, 0.25) is 5.91 Å². The molecule has 0 aliphatic heterocycles. The van der Waals surface area contributed by atoms with Gasteiger partial charge < -0.3 is 4.57 Å². The summed E-state index contributed by atoms with van der Waals surface area (Å²) in [5, 5.41) is 0.678. The number of carbonyl (C=O) groups excluding carboxylic acids is 1. The van der Waals surface area contributed by atoms with E-state index in [9.17, 15) is 9.18 Å². The minimum Gasteiger partial charge on any atom is -0.337 e. The van der Waals surface area contributed by atoms with Crippen LogP contribution in [0.2, 0.25) is 0 Å². The van der Waals surface area contributed by atoms with Crippen LogP contribution in [0.4, 0.5) is 9.52 Å². The van der Waals surface area contributed by atoms with E-state index < -0.39 is 0 Å². The lowest BCUT2D eigenvalue weighted by atomic mass is 9.88. The normalized spacial score (nSPS) is 14.8. The van der Waals surface area contributed by atoms with Gasteiger partial charge in [-0.15, -0.1) is 12.4 Å². The van der Waals surface area contributed by atoms with E-state index in [4.69, 9.17) is 0 Å². The molecule has 150 valence electrons. The Kier molecular flexibility index (Phi) is 7.02. The molecule has 0 N–H and O–H groups in total. The van der Waals surface area contributed by atoms with Gasteiger partial charge in [-0.1, -0.05) is 30.6 Å². The number of hydrogen-bond acceptors (Lipinski definition) is 4. The highest BCUT2D eigenvalue weighted by Gasteiger charge is 2.28. The average molecular weight is 423 g/mol. The van der Waals surface area contributed by atoms with Crippen molar-refractivity contribution in [1.82, 2.24) is 14.5 Å². The molecule has 5 nitrogen and oxygen atoms in total. The van der Waals surface area contributed by atoms with Crippen LogP contribution in [0.3, 0.4) is 0 Å². The van der Waals surface area contributed by atoms with Crippen molar-refractivity contribution >= 4 is 45.0 Å². The van der Waals surface area contributed by atoms with Crippen molar-refractivity contribution in [3.63, 3.8) is 0 Å². The van der Waals surface area contributed by atoms with E-state index in [1.165, 1.54) is 29.9 Å². The third kappa shape index (κ3) is 4.70. The fourth-order valence-corrected chi connectivity index (χ4v) is 4.72. The van der Waals surface area contributed by atoms with Crippen molar-refractivity contribution in [1.29, 1.82) is 0 Å². The molecular weight excluding hydrogens is 399 g/mol. The lowest BCUT2D eigenvalue weighted by Crippen LogP contribution is -2.38. The molecule has 8 heteroatoms. The van der Waals surface area contributed by atoms with Gasteiger partial charge in [-0.2, -0.15) is 0 Å². The summed E-state index contributed by atoms with van der Waals surface area (Å²) in [5.74, 6) is -0.0291. The summed E-state index contributed by atoms with van der Waals surface area (Å²) in [5.41, 5.74) is 0.743. The Morgan fingerprint density at radius 2 is 2.11 bits per heavy atom. The first-order chi connectivity index (χ1) is 13.2. The number of aryl methyl sites for hydroxylation is 1. The maximum absolute atomic E-state index is 13.5. The molecule has 1 saturated carbocycles. The smallest absolute Gasteiger partial charge is 0.231 e. The van der Waals surface area contributed by atoms with Gasteiger partial charge in [0.15, 0.2) is 5.13 Å². The Morgan fingerprint density at radius 1 is 1.29 bits per heavy atom. The van der Waals surface area contributed by atoms with Crippen LogP contribution in [0.25, 0.3) is 10.2 Å². The molecule has 1 amide bonds. The van der Waals surface area contributed by atoms with Crippen molar-refractivity contribution < 1.29 is 9.18 Å². The molecule has 1 fully saturated rings. The molecule has 4 rings (SSSR count). The standard InChI is InChI=1S/C20H23FN4OS.ClH/c21-16-7-8-17-18(13-16)27-20(23-17)25(11-4-10-24-12-9-22-14-24)19(26)15-5-2-1-3-6-15;/h7-9,12-15H,1-6,10-11H2;1H. The van der Waals surface area contributed by atoms with E-state index >= 15 is 0 Å². The average Bonchev–Trinajstić information content (AvgIpc) is 3.34. The first-order valence-electron chi connectivity index (χ1n) is 9.54. The summed E-state index contributed by atoms with van der Waals surface area (Å²) in [7, 11) is 0. The molecule has 2 aromatic heterocycles. The molecule has 0 radical (unpaired) electrons. The van der Waals surface area contributed by atoms with Gasteiger partial charge in [-0.25, -0.2) is 14.4 Å². The van der Waals surface area contributed by atoms with Crippen LogP contribution in [0.5, 0.6) is 0 Å². The fraction of sp³-hybridized carbons (Fsp3) is 0.450. The lowest BCUT2D eigenvalue weighted by Gasteiger charge is -2.27. The van der Waals surface area contributed by atoms with Gasteiger partial charge in [0.05, 0.1) is 16.5 Å². The highest BCUT2D eigenvalue weighted by Crippen LogP contribution is 2.33. The number of benzene rings is 1. The second-order valence-electron chi connectivity index (χ2n) is 7.09. The Hall–Kier alpha value is -1.99. The lowest BCUT2D eigenvalue weighted by molar-refractivity contribution is -0.123. The Balaban J connectivity index is 0.00000225. The van der Waals surface area contributed by atoms with Crippen molar-refractivity contribution in [3.05, 3.63) is 42.7 Å². The zero-order valence-electron chi connectivity index (χ0n) is 15.6. The monoisotopic (exact) mass is 422 g/mol. The number of imidazole rings is 1. The van der Waals surface area contributed by atoms with Crippen LogP contribution >= 0.6 is 23.7 Å². The predicted molar refractivity (Wildman–Crippen MR) is 113 cm³/mol. The number of carbonyl (C=O) groups is 1. The molecule has 0 saturated heterocycles. The number of nitrogens with zero attached hydrogens (tertiary/aromatic N) is 4. The number of hydrogen-bond donors (Lipinski definition) is 0. The van der Waals surface area contributed by atoms with Crippen LogP contribution in [0.15, 0.2) is 36.9 Å². The van der Waals surface area contributed by atoms with Gasteiger partial charge in [0.25, 0.3) is 0 Å². The second-order valence-corrected chi connectivity index (χ2v) is 8.10. The van der Waals surface area contributed by atoms with E-state index in [0.29, 0.717) is 11.7 Å². The molecule has 1 aliphatic rings. The maximum Gasteiger partial charge on any atom is 0.231 e. The van der Waals surface area contributed by atoms with E-state index in [-0.39, 0.29) is 30.0 Å². The zero-order chi connectivity index (χ0) is 18.6. The van der Waals surface area contributed by atoms with E-state index in [1.54, 1.807) is 18.6 Å². The number of thiazole rings is 1. The second kappa shape index (κ2) is 9.47. The van der Waals surface area contributed by atoms with Crippen LogP contribution in [-0.4, -0.2) is 27.0 Å². The van der Waals surface area contributed by atoms with E-state index in [0.717, 1.165) is 48.9 Å². The molecule has 28 heavy (non-hydrogen) atoms. The van der Waals surface area contributed by atoms with Crippen molar-refractivity contribution in [2.45, 2.75) is 45.1 Å². The molecule has 0 atom stereocenters. The quantitative estimate of drug-likeness (QED) is 0.558. The predicted octanol–water partition coefficient (Wildman–Crippen LogP) is 5.06. The Bertz CT molecular complexity index is 908.